The van der Waals surface area contributed by atoms with E-state index in [9.17, 15) is 0 Å². The zero-order chi connectivity index (χ0) is 16.6. The van der Waals surface area contributed by atoms with Crippen LogP contribution in [0.15, 0.2) is 60.9 Å². The third kappa shape index (κ3) is 2.69. The van der Waals surface area contributed by atoms with Gasteiger partial charge in [0.1, 0.15) is 5.75 Å². The number of benzene rings is 2. The molecule has 2 aliphatic rings. The fourth-order valence-corrected chi connectivity index (χ4v) is 4.29. The van der Waals surface area contributed by atoms with E-state index in [1.807, 2.05) is 12.3 Å². The number of hydrogen-bond acceptors (Lipinski definition) is 3. The number of ether oxygens (including phenoxy) is 2. The molecule has 5 rings (SSSR count). The Hall–Kier alpha value is -2.39. The van der Waals surface area contributed by atoms with Gasteiger partial charge in [0.25, 0.3) is 0 Å². The third-order valence-electron chi connectivity index (χ3n) is 5.54. The third-order valence-corrected chi connectivity index (χ3v) is 5.54. The monoisotopic (exact) mass is 331 g/mol. The van der Waals surface area contributed by atoms with Gasteiger partial charge in [-0.05, 0) is 48.4 Å². The van der Waals surface area contributed by atoms with E-state index in [4.69, 9.17) is 9.47 Å². The number of rotatable bonds is 4. The molecule has 0 amide bonds. The Kier molecular flexibility index (Phi) is 3.67. The summed E-state index contributed by atoms with van der Waals surface area (Å²) in [5.74, 6) is 1.50. The second-order valence-electron chi connectivity index (χ2n) is 7.08. The fraction of sp³-hybridized carbons (Fsp3) is 0.318. The quantitative estimate of drug-likeness (QED) is 0.685. The van der Waals surface area contributed by atoms with Crippen LogP contribution in [-0.2, 0) is 4.74 Å². The number of fused-ring (bicyclic) bond motifs is 3. The standard InChI is InChI=1S/C22H21NO2/c1-2-6-20-19(5-1)18(15-4-3-11-23-13-15)8-10-22(20)24-14-16-12-17-7-9-21(16)25-17/h1-6,8,10-11,13,16-17,21H,7,9,12,14H2/t16-,17+,21-/m1/s1. The van der Waals surface area contributed by atoms with E-state index in [0.717, 1.165) is 29.7 Å². The summed E-state index contributed by atoms with van der Waals surface area (Å²) < 4.78 is 12.2. The Morgan fingerprint density at radius 1 is 1.00 bits per heavy atom. The normalized spacial score (nSPS) is 24.7. The van der Waals surface area contributed by atoms with E-state index in [2.05, 4.69) is 47.4 Å². The largest absolute Gasteiger partial charge is 0.493 e. The van der Waals surface area contributed by atoms with Gasteiger partial charge in [-0.15, -0.1) is 0 Å². The van der Waals surface area contributed by atoms with Crippen LogP contribution in [0.25, 0.3) is 21.9 Å². The molecule has 0 N–H and O–H groups in total. The Labute approximate surface area is 147 Å². The van der Waals surface area contributed by atoms with Crippen molar-refractivity contribution in [2.24, 2.45) is 5.92 Å². The van der Waals surface area contributed by atoms with E-state index in [0.29, 0.717) is 18.1 Å². The maximum atomic E-state index is 6.25. The Balaban J connectivity index is 1.46. The Bertz CT molecular complexity index is 893. The van der Waals surface area contributed by atoms with Gasteiger partial charge in [-0.3, -0.25) is 4.98 Å². The van der Waals surface area contributed by atoms with E-state index in [1.54, 1.807) is 6.20 Å². The SMILES string of the molecule is c1cncc(-c2ccc(OC[C@H]3C[C@@H]4CC[C@H]3O4)c3ccccc23)c1. The van der Waals surface area contributed by atoms with E-state index >= 15 is 0 Å². The zero-order valence-electron chi connectivity index (χ0n) is 14.1. The summed E-state index contributed by atoms with van der Waals surface area (Å²) in [6, 6.07) is 16.8. The van der Waals surface area contributed by atoms with Crippen LogP contribution in [-0.4, -0.2) is 23.8 Å². The van der Waals surface area contributed by atoms with E-state index in [1.165, 1.54) is 23.8 Å². The van der Waals surface area contributed by atoms with Crippen molar-refractivity contribution in [1.29, 1.82) is 0 Å². The average Bonchev–Trinajstić information content (AvgIpc) is 3.30. The molecule has 0 unspecified atom stereocenters. The van der Waals surface area contributed by atoms with Gasteiger partial charge < -0.3 is 9.47 Å². The molecule has 2 aromatic carbocycles. The molecular weight excluding hydrogens is 310 g/mol. The lowest BCUT2D eigenvalue weighted by Gasteiger charge is -2.20. The predicted octanol–water partition coefficient (Wildman–Crippen LogP) is 4.85. The molecule has 2 bridgehead atoms. The lowest BCUT2D eigenvalue weighted by Crippen LogP contribution is -2.23. The molecule has 126 valence electrons. The summed E-state index contributed by atoms with van der Waals surface area (Å²) in [4.78, 5) is 4.26. The molecule has 3 atom stereocenters. The lowest BCUT2D eigenvalue weighted by atomic mass is 9.90. The van der Waals surface area contributed by atoms with Crippen LogP contribution in [0.3, 0.4) is 0 Å². The van der Waals surface area contributed by atoms with Crippen molar-refractivity contribution in [2.75, 3.05) is 6.61 Å². The minimum Gasteiger partial charge on any atom is -0.493 e. The number of aromatic nitrogens is 1. The fourth-order valence-electron chi connectivity index (χ4n) is 4.29. The van der Waals surface area contributed by atoms with Gasteiger partial charge in [0.15, 0.2) is 0 Å². The van der Waals surface area contributed by atoms with Gasteiger partial charge in [-0.1, -0.05) is 30.3 Å². The van der Waals surface area contributed by atoms with Gasteiger partial charge in [0, 0.05) is 29.3 Å². The summed E-state index contributed by atoms with van der Waals surface area (Å²) in [5.41, 5.74) is 2.33. The molecule has 3 aromatic rings. The molecular formula is C22H21NO2. The molecule has 2 aliphatic heterocycles. The van der Waals surface area contributed by atoms with Crippen molar-refractivity contribution < 1.29 is 9.47 Å². The van der Waals surface area contributed by atoms with E-state index in [-0.39, 0.29) is 0 Å². The molecule has 3 heteroatoms. The van der Waals surface area contributed by atoms with Crippen LogP contribution in [0.2, 0.25) is 0 Å². The van der Waals surface area contributed by atoms with Crippen molar-refractivity contribution >= 4 is 10.8 Å². The van der Waals surface area contributed by atoms with Crippen LogP contribution in [0.4, 0.5) is 0 Å². The molecule has 3 heterocycles. The molecule has 0 saturated carbocycles. The predicted molar refractivity (Wildman–Crippen MR) is 98.7 cm³/mol. The van der Waals surface area contributed by atoms with Gasteiger partial charge >= 0.3 is 0 Å². The molecule has 2 fully saturated rings. The highest BCUT2D eigenvalue weighted by atomic mass is 16.5. The van der Waals surface area contributed by atoms with Crippen LogP contribution >= 0.6 is 0 Å². The van der Waals surface area contributed by atoms with Crippen molar-refractivity contribution in [3.8, 4) is 16.9 Å². The number of hydrogen-bond donors (Lipinski definition) is 0. The topological polar surface area (TPSA) is 31.4 Å². The first-order valence-electron chi connectivity index (χ1n) is 9.09. The molecule has 3 nitrogen and oxygen atoms in total. The Morgan fingerprint density at radius 3 is 2.68 bits per heavy atom. The molecule has 1 aromatic heterocycles. The van der Waals surface area contributed by atoms with Gasteiger partial charge in [-0.2, -0.15) is 0 Å². The average molecular weight is 331 g/mol. The minimum atomic E-state index is 0.408. The van der Waals surface area contributed by atoms with Crippen LogP contribution in [0.5, 0.6) is 5.75 Å². The molecule has 0 aliphatic carbocycles. The van der Waals surface area contributed by atoms with Crippen molar-refractivity contribution in [3.63, 3.8) is 0 Å². The summed E-state index contributed by atoms with van der Waals surface area (Å²) in [5, 5.41) is 2.37. The van der Waals surface area contributed by atoms with Crippen LogP contribution < -0.4 is 4.74 Å². The zero-order valence-corrected chi connectivity index (χ0v) is 14.1. The molecule has 2 saturated heterocycles. The van der Waals surface area contributed by atoms with Gasteiger partial charge in [-0.25, -0.2) is 0 Å². The second kappa shape index (κ2) is 6.16. The van der Waals surface area contributed by atoms with Gasteiger partial charge in [0.05, 0.1) is 18.8 Å². The van der Waals surface area contributed by atoms with Crippen LogP contribution in [0, 0.1) is 5.92 Å². The summed E-state index contributed by atoms with van der Waals surface area (Å²) >= 11 is 0. The van der Waals surface area contributed by atoms with Crippen molar-refractivity contribution in [2.45, 2.75) is 31.5 Å². The molecule has 0 radical (unpaired) electrons. The second-order valence-corrected chi connectivity index (χ2v) is 7.08. The first-order chi connectivity index (χ1) is 12.4. The highest BCUT2D eigenvalue weighted by molar-refractivity contribution is 5.99. The summed E-state index contributed by atoms with van der Waals surface area (Å²) in [6.07, 6.45) is 8.17. The number of pyridine rings is 1. The number of nitrogens with zero attached hydrogens (tertiary/aromatic N) is 1. The van der Waals surface area contributed by atoms with E-state index < -0.39 is 0 Å². The summed E-state index contributed by atoms with van der Waals surface area (Å²) in [7, 11) is 0. The first kappa shape index (κ1) is 14.9. The maximum Gasteiger partial charge on any atom is 0.127 e. The molecule has 0 spiro atoms. The summed E-state index contributed by atoms with van der Waals surface area (Å²) in [6.45, 7) is 0.747. The Morgan fingerprint density at radius 2 is 1.92 bits per heavy atom. The highest BCUT2D eigenvalue weighted by Crippen LogP contribution is 2.40. The lowest BCUT2D eigenvalue weighted by molar-refractivity contribution is 0.0827. The minimum absolute atomic E-state index is 0.408. The highest BCUT2D eigenvalue weighted by Gasteiger charge is 2.40. The van der Waals surface area contributed by atoms with Crippen molar-refractivity contribution in [3.05, 3.63) is 60.9 Å². The molecule has 25 heavy (non-hydrogen) atoms. The van der Waals surface area contributed by atoms with Crippen molar-refractivity contribution in [1.82, 2.24) is 4.98 Å². The maximum absolute atomic E-state index is 6.25. The smallest absolute Gasteiger partial charge is 0.127 e. The van der Waals surface area contributed by atoms with Gasteiger partial charge in [0.2, 0.25) is 0 Å². The van der Waals surface area contributed by atoms with Crippen LogP contribution in [0.1, 0.15) is 19.3 Å². The first-order valence-corrected chi connectivity index (χ1v) is 9.09.